The van der Waals surface area contributed by atoms with Crippen molar-refractivity contribution >= 4 is 83.5 Å². The van der Waals surface area contributed by atoms with Gasteiger partial charge in [0, 0.05) is 38.6 Å². The smallest absolute Gasteiger partial charge is 0.179 e. The van der Waals surface area contributed by atoms with Crippen LogP contribution in [0.2, 0.25) is 0 Å². The minimum atomic E-state index is -3.05. The summed E-state index contributed by atoms with van der Waals surface area (Å²) in [5, 5.41) is 10.4. The first-order valence-electron chi connectivity index (χ1n) is 24.2. The van der Waals surface area contributed by atoms with Crippen LogP contribution in [-0.4, -0.2) is 21.8 Å². The van der Waals surface area contributed by atoms with Crippen molar-refractivity contribution in [2.24, 2.45) is 0 Å². The van der Waals surface area contributed by atoms with Crippen molar-refractivity contribution in [2.45, 2.75) is 0 Å². The summed E-state index contributed by atoms with van der Waals surface area (Å²) < 4.78 is 7.38. The molecule has 4 heteroatoms. The first-order valence-corrected chi connectivity index (χ1v) is 26.2. The van der Waals surface area contributed by atoms with Crippen molar-refractivity contribution < 1.29 is 0 Å². The van der Waals surface area contributed by atoms with Crippen LogP contribution in [0.25, 0.3) is 94.0 Å². The lowest BCUT2D eigenvalue weighted by Crippen LogP contribution is -2.74. The van der Waals surface area contributed by atoms with Crippen LogP contribution >= 0.6 is 0 Å². The number of rotatable bonds is 9. The van der Waals surface area contributed by atoms with Gasteiger partial charge in [-0.05, 0) is 122 Å². The molecule has 14 aromatic rings. The first-order chi connectivity index (χ1) is 34.7. The van der Waals surface area contributed by atoms with Gasteiger partial charge in [0.25, 0.3) is 0 Å². The van der Waals surface area contributed by atoms with Gasteiger partial charge in [-0.15, -0.1) is 0 Å². The lowest BCUT2D eigenvalue weighted by atomic mass is 9.99. The molecule has 0 aliphatic carbocycles. The number of hydrogen-bond donors (Lipinski definition) is 0. The summed E-state index contributed by atoms with van der Waals surface area (Å²) >= 11 is 0. The highest BCUT2D eigenvalue weighted by molar-refractivity contribution is 7.20. The molecule has 0 unspecified atom stereocenters. The molecule has 3 aromatic heterocycles. The van der Waals surface area contributed by atoms with Gasteiger partial charge in [-0.1, -0.05) is 194 Å². The third kappa shape index (κ3) is 6.07. The molecule has 0 N–H and O–H groups in total. The summed E-state index contributed by atoms with van der Waals surface area (Å²) in [5.74, 6) is 0. The monoisotopic (exact) mass is 907 g/mol. The molecule has 0 amide bonds. The SMILES string of the molecule is c1ccc(-c2cc(-c3ccccc3)cc([Si](c3ccccc3)(c3ccccc3)c3cccc(-n4c5ccccc5c5cc(-n6c7cccc8c7c7c(cccc76)n8-c6ccccc6)ccc54)c3)c2)cc1. The molecule has 0 aliphatic rings. The highest BCUT2D eigenvalue weighted by Crippen LogP contribution is 2.43. The molecule has 0 radical (unpaired) electrons. The number of hydrogen-bond acceptors (Lipinski definition) is 0. The number of para-hydroxylation sites is 2. The van der Waals surface area contributed by atoms with E-state index < -0.39 is 8.07 Å². The quantitative estimate of drug-likeness (QED) is 0.101. The normalized spacial score (nSPS) is 12.0. The molecule has 0 bridgehead atoms. The number of benzene rings is 11. The van der Waals surface area contributed by atoms with Gasteiger partial charge in [-0.2, -0.15) is 0 Å². The molecule has 14 rings (SSSR count). The van der Waals surface area contributed by atoms with E-state index in [-0.39, 0.29) is 0 Å². The second-order valence-corrected chi connectivity index (χ2v) is 22.3. The van der Waals surface area contributed by atoms with E-state index >= 15 is 0 Å². The van der Waals surface area contributed by atoms with Gasteiger partial charge in [0.15, 0.2) is 8.07 Å². The van der Waals surface area contributed by atoms with Gasteiger partial charge in [0.1, 0.15) is 0 Å². The molecular formula is C66H45N3Si. The molecule has 3 nitrogen and oxygen atoms in total. The van der Waals surface area contributed by atoms with Crippen LogP contribution in [0.5, 0.6) is 0 Å². The van der Waals surface area contributed by atoms with Crippen LogP contribution in [0.15, 0.2) is 273 Å². The largest absolute Gasteiger partial charge is 0.309 e. The number of aromatic nitrogens is 3. The average molecular weight is 908 g/mol. The van der Waals surface area contributed by atoms with E-state index in [1.807, 2.05) is 0 Å². The minimum Gasteiger partial charge on any atom is -0.309 e. The van der Waals surface area contributed by atoms with Crippen molar-refractivity contribution in [1.29, 1.82) is 0 Å². The Bertz CT molecular complexity index is 4050. The summed E-state index contributed by atoms with van der Waals surface area (Å²) in [6.45, 7) is 0. The third-order valence-corrected chi connectivity index (χ3v) is 19.4. The molecule has 0 saturated heterocycles. The average Bonchev–Trinajstić information content (AvgIpc) is 4.09. The molecule has 0 fully saturated rings. The van der Waals surface area contributed by atoms with E-state index in [1.165, 1.54) is 103 Å². The van der Waals surface area contributed by atoms with E-state index in [0.29, 0.717) is 0 Å². The van der Waals surface area contributed by atoms with Crippen molar-refractivity contribution in [2.75, 3.05) is 0 Å². The Morgan fingerprint density at radius 1 is 0.214 bits per heavy atom. The highest BCUT2D eigenvalue weighted by Gasteiger charge is 2.42. The Kier molecular flexibility index (Phi) is 9.23. The highest BCUT2D eigenvalue weighted by atomic mass is 28.3. The van der Waals surface area contributed by atoms with Crippen LogP contribution in [0.4, 0.5) is 0 Å². The van der Waals surface area contributed by atoms with Gasteiger partial charge >= 0.3 is 0 Å². The lowest BCUT2D eigenvalue weighted by molar-refractivity contribution is 1.15. The minimum absolute atomic E-state index is 1.14. The maximum atomic E-state index is 2.50. The molecule has 70 heavy (non-hydrogen) atoms. The van der Waals surface area contributed by atoms with E-state index in [1.54, 1.807) is 0 Å². The van der Waals surface area contributed by atoms with E-state index in [0.717, 1.165) is 11.4 Å². The molecule has 328 valence electrons. The van der Waals surface area contributed by atoms with Gasteiger partial charge < -0.3 is 13.7 Å². The summed E-state index contributed by atoms with van der Waals surface area (Å²) in [6.07, 6.45) is 0. The Hall–Kier alpha value is -8.96. The molecule has 3 heterocycles. The van der Waals surface area contributed by atoms with Crippen molar-refractivity contribution in [3.05, 3.63) is 273 Å². The van der Waals surface area contributed by atoms with Crippen LogP contribution in [-0.2, 0) is 0 Å². The maximum Gasteiger partial charge on any atom is 0.179 e. The van der Waals surface area contributed by atoms with Crippen molar-refractivity contribution in [1.82, 2.24) is 13.7 Å². The van der Waals surface area contributed by atoms with E-state index in [4.69, 9.17) is 0 Å². The Morgan fingerprint density at radius 3 is 1.19 bits per heavy atom. The van der Waals surface area contributed by atoms with Gasteiger partial charge in [-0.3, -0.25) is 0 Å². The van der Waals surface area contributed by atoms with Crippen molar-refractivity contribution in [3.8, 4) is 39.3 Å². The fraction of sp³-hybridized carbons (Fsp3) is 0. The topological polar surface area (TPSA) is 14.8 Å². The zero-order valence-corrected chi connectivity index (χ0v) is 39.3. The second kappa shape index (κ2) is 16.1. The summed E-state index contributed by atoms with van der Waals surface area (Å²) in [5.41, 5.74) is 15.5. The molecule has 0 atom stereocenters. The van der Waals surface area contributed by atoms with Crippen molar-refractivity contribution in [3.63, 3.8) is 0 Å². The van der Waals surface area contributed by atoms with E-state index in [9.17, 15) is 0 Å². The summed E-state index contributed by atoms with van der Waals surface area (Å²) in [6, 6.07) is 101. The van der Waals surface area contributed by atoms with E-state index in [2.05, 4.69) is 287 Å². The standard InChI is InChI=1S/C66H45N3Si/c1-6-21-46(22-7-1)48-41-49(47-23-8-2-9-24-47)43-56(42-48)70(53-28-12-4-13-29-53,54-30-14-5-15-31-54)55-32-18-27-51(44-55)68-59-34-17-16-33-57(59)58-45-52(39-40-60(58)68)69-63-37-19-35-61-65(63)66-62(36-20-38-64(66)69)67(61)50-25-10-3-11-26-50/h1-45H. The Morgan fingerprint density at radius 2 is 0.614 bits per heavy atom. The van der Waals surface area contributed by atoms with Gasteiger partial charge in [0.2, 0.25) is 0 Å². The number of fused-ring (bicyclic) bond motifs is 3. The Labute approximate surface area is 407 Å². The molecular weight excluding hydrogens is 863 g/mol. The first kappa shape index (κ1) is 40.1. The van der Waals surface area contributed by atoms with Gasteiger partial charge in [-0.25, -0.2) is 0 Å². The lowest BCUT2D eigenvalue weighted by Gasteiger charge is -2.35. The summed E-state index contributed by atoms with van der Waals surface area (Å²) in [4.78, 5) is 0. The zero-order chi connectivity index (χ0) is 46.2. The molecule has 0 saturated carbocycles. The Balaban J connectivity index is 0.999. The molecule has 0 aliphatic heterocycles. The third-order valence-electron chi connectivity index (χ3n) is 14.7. The predicted molar refractivity (Wildman–Crippen MR) is 298 cm³/mol. The van der Waals surface area contributed by atoms with Crippen LogP contribution in [0.3, 0.4) is 0 Å². The van der Waals surface area contributed by atoms with Crippen LogP contribution in [0, 0.1) is 0 Å². The van der Waals surface area contributed by atoms with Gasteiger partial charge in [0.05, 0.1) is 33.1 Å². The zero-order valence-electron chi connectivity index (χ0n) is 38.3. The van der Waals surface area contributed by atoms with Crippen LogP contribution < -0.4 is 20.7 Å². The molecule has 0 spiro atoms. The predicted octanol–water partition coefficient (Wildman–Crippen LogP) is 14.0. The van der Waals surface area contributed by atoms with Crippen LogP contribution in [0.1, 0.15) is 0 Å². The molecule has 11 aromatic carbocycles. The fourth-order valence-electron chi connectivity index (χ4n) is 11.8. The fourth-order valence-corrected chi connectivity index (χ4v) is 16.6. The number of nitrogens with zero attached hydrogens (tertiary/aromatic N) is 3. The summed E-state index contributed by atoms with van der Waals surface area (Å²) in [7, 11) is -3.05. The second-order valence-electron chi connectivity index (χ2n) is 18.5. The maximum absolute atomic E-state index is 3.05.